The number of nitrogens with zero attached hydrogens (tertiary/aromatic N) is 1. The first-order valence-electron chi connectivity index (χ1n) is 7.04. The van der Waals surface area contributed by atoms with Crippen LogP contribution in [0.4, 0.5) is 5.69 Å². The van der Waals surface area contributed by atoms with E-state index < -0.39 is 0 Å². The standard InChI is InChI=1S/C17H21NO2/c1-4-18(12-17(19)20-13(2)3)16-11-7-9-14-8-5-6-10-15(14)16/h5-11,13H,4,12H2,1-3H3. The van der Waals surface area contributed by atoms with Gasteiger partial charge in [-0.15, -0.1) is 0 Å². The van der Waals surface area contributed by atoms with Gasteiger partial charge in [0.2, 0.25) is 0 Å². The van der Waals surface area contributed by atoms with E-state index in [9.17, 15) is 4.79 Å². The van der Waals surface area contributed by atoms with Gasteiger partial charge >= 0.3 is 5.97 Å². The summed E-state index contributed by atoms with van der Waals surface area (Å²) in [6.07, 6.45) is -0.0753. The van der Waals surface area contributed by atoms with E-state index in [4.69, 9.17) is 4.74 Å². The third-order valence-electron chi connectivity index (χ3n) is 3.18. The van der Waals surface area contributed by atoms with Crippen molar-refractivity contribution in [3.05, 3.63) is 42.5 Å². The molecule has 2 aromatic rings. The van der Waals surface area contributed by atoms with Crippen molar-refractivity contribution in [3.8, 4) is 0 Å². The molecule has 0 atom stereocenters. The van der Waals surface area contributed by atoms with Crippen LogP contribution in [-0.4, -0.2) is 25.2 Å². The molecule has 3 heteroatoms. The van der Waals surface area contributed by atoms with Gasteiger partial charge in [-0.05, 0) is 32.2 Å². The highest BCUT2D eigenvalue weighted by atomic mass is 16.5. The second-order valence-corrected chi connectivity index (χ2v) is 5.05. The molecule has 0 radical (unpaired) electrons. The Morgan fingerprint density at radius 3 is 2.55 bits per heavy atom. The van der Waals surface area contributed by atoms with Crippen molar-refractivity contribution in [2.24, 2.45) is 0 Å². The van der Waals surface area contributed by atoms with Gasteiger partial charge in [0.25, 0.3) is 0 Å². The first kappa shape index (κ1) is 14.4. The van der Waals surface area contributed by atoms with Gasteiger partial charge in [0.05, 0.1) is 6.10 Å². The molecule has 0 aliphatic heterocycles. The van der Waals surface area contributed by atoms with Crippen molar-refractivity contribution in [1.82, 2.24) is 0 Å². The molecule has 0 amide bonds. The third-order valence-corrected chi connectivity index (χ3v) is 3.18. The highest BCUT2D eigenvalue weighted by molar-refractivity contribution is 5.95. The highest BCUT2D eigenvalue weighted by Crippen LogP contribution is 2.26. The van der Waals surface area contributed by atoms with Crippen LogP contribution in [0.2, 0.25) is 0 Å². The van der Waals surface area contributed by atoms with Crippen molar-refractivity contribution in [2.75, 3.05) is 18.0 Å². The van der Waals surface area contributed by atoms with Gasteiger partial charge < -0.3 is 9.64 Å². The van der Waals surface area contributed by atoms with Gasteiger partial charge in [0.15, 0.2) is 0 Å². The summed E-state index contributed by atoms with van der Waals surface area (Å²) in [4.78, 5) is 13.9. The average Bonchev–Trinajstić information content (AvgIpc) is 2.43. The molecular weight excluding hydrogens is 250 g/mol. The molecule has 106 valence electrons. The molecule has 0 unspecified atom stereocenters. The Kier molecular flexibility index (Phi) is 4.61. The van der Waals surface area contributed by atoms with Crippen LogP contribution in [0.25, 0.3) is 10.8 Å². The maximum Gasteiger partial charge on any atom is 0.325 e. The van der Waals surface area contributed by atoms with Gasteiger partial charge in [-0.2, -0.15) is 0 Å². The fourth-order valence-electron chi connectivity index (χ4n) is 2.31. The number of likely N-dealkylation sites (N-methyl/N-ethyl adjacent to an activating group) is 1. The summed E-state index contributed by atoms with van der Waals surface area (Å²) in [5.74, 6) is -0.185. The molecule has 2 aromatic carbocycles. The average molecular weight is 271 g/mol. The summed E-state index contributed by atoms with van der Waals surface area (Å²) >= 11 is 0. The van der Waals surface area contributed by atoms with E-state index in [0.29, 0.717) is 0 Å². The molecular formula is C17H21NO2. The second kappa shape index (κ2) is 6.42. The van der Waals surface area contributed by atoms with Gasteiger partial charge in [0.1, 0.15) is 6.54 Å². The smallest absolute Gasteiger partial charge is 0.325 e. The maximum atomic E-state index is 11.9. The zero-order valence-corrected chi connectivity index (χ0v) is 12.3. The fourth-order valence-corrected chi connectivity index (χ4v) is 2.31. The lowest BCUT2D eigenvalue weighted by Crippen LogP contribution is -2.32. The van der Waals surface area contributed by atoms with Crippen LogP contribution in [0.1, 0.15) is 20.8 Å². The molecule has 0 aliphatic carbocycles. The number of carbonyl (C=O) groups excluding carboxylic acids is 1. The zero-order chi connectivity index (χ0) is 14.5. The Bertz CT molecular complexity index is 587. The Hall–Kier alpha value is -2.03. The number of anilines is 1. The molecule has 3 nitrogen and oxygen atoms in total. The minimum absolute atomic E-state index is 0.0753. The predicted molar refractivity (Wildman–Crippen MR) is 83.1 cm³/mol. The largest absolute Gasteiger partial charge is 0.462 e. The molecule has 0 heterocycles. The summed E-state index contributed by atoms with van der Waals surface area (Å²) in [5, 5.41) is 2.34. The second-order valence-electron chi connectivity index (χ2n) is 5.05. The number of rotatable bonds is 5. The molecule has 0 bridgehead atoms. The minimum atomic E-state index is -0.185. The van der Waals surface area contributed by atoms with Crippen LogP contribution < -0.4 is 4.90 Å². The highest BCUT2D eigenvalue weighted by Gasteiger charge is 2.14. The monoisotopic (exact) mass is 271 g/mol. The summed E-state index contributed by atoms with van der Waals surface area (Å²) in [6, 6.07) is 14.4. The Morgan fingerprint density at radius 1 is 1.15 bits per heavy atom. The van der Waals surface area contributed by atoms with E-state index in [1.807, 2.05) is 43.9 Å². The SMILES string of the molecule is CCN(CC(=O)OC(C)C)c1cccc2ccccc12. The van der Waals surface area contributed by atoms with Crippen molar-refractivity contribution >= 4 is 22.4 Å². The predicted octanol–water partition coefficient (Wildman–Crippen LogP) is 3.62. The maximum absolute atomic E-state index is 11.9. The molecule has 0 aromatic heterocycles. The number of benzene rings is 2. The number of hydrogen-bond donors (Lipinski definition) is 0. The molecule has 0 N–H and O–H groups in total. The van der Waals surface area contributed by atoms with E-state index in [-0.39, 0.29) is 18.6 Å². The van der Waals surface area contributed by atoms with E-state index in [2.05, 4.69) is 24.3 Å². The lowest BCUT2D eigenvalue weighted by atomic mass is 10.1. The van der Waals surface area contributed by atoms with Gasteiger partial charge in [-0.1, -0.05) is 36.4 Å². The Labute approximate surface area is 120 Å². The van der Waals surface area contributed by atoms with Crippen LogP contribution in [0, 0.1) is 0 Å². The number of esters is 1. The zero-order valence-electron chi connectivity index (χ0n) is 12.3. The van der Waals surface area contributed by atoms with E-state index >= 15 is 0 Å². The number of ether oxygens (including phenoxy) is 1. The van der Waals surface area contributed by atoms with Crippen molar-refractivity contribution in [1.29, 1.82) is 0 Å². The minimum Gasteiger partial charge on any atom is -0.462 e. The van der Waals surface area contributed by atoms with Crippen molar-refractivity contribution < 1.29 is 9.53 Å². The summed E-state index contributed by atoms with van der Waals surface area (Å²) in [5.41, 5.74) is 1.08. The topological polar surface area (TPSA) is 29.5 Å². The molecule has 0 fully saturated rings. The van der Waals surface area contributed by atoms with Crippen LogP contribution >= 0.6 is 0 Å². The molecule has 0 saturated carbocycles. The molecule has 2 rings (SSSR count). The normalized spacial score (nSPS) is 10.8. The van der Waals surface area contributed by atoms with Crippen molar-refractivity contribution in [3.63, 3.8) is 0 Å². The number of fused-ring (bicyclic) bond motifs is 1. The quantitative estimate of drug-likeness (QED) is 0.778. The van der Waals surface area contributed by atoms with Gasteiger partial charge in [-0.25, -0.2) is 0 Å². The van der Waals surface area contributed by atoms with Gasteiger partial charge in [0, 0.05) is 17.6 Å². The fraction of sp³-hybridized carbons (Fsp3) is 0.353. The third kappa shape index (κ3) is 3.29. The van der Waals surface area contributed by atoms with Crippen LogP contribution in [-0.2, 0) is 9.53 Å². The Balaban J connectivity index is 2.28. The summed E-state index contributed by atoms with van der Waals surface area (Å²) < 4.78 is 5.24. The van der Waals surface area contributed by atoms with E-state index in [0.717, 1.165) is 17.6 Å². The first-order valence-corrected chi connectivity index (χ1v) is 7.04. The molecule has 0 saturated heterocycles. The lowest BCUT2D eigenvalue weighted by molar-refractivity contribution is -0.145. The van der Waals surface area contributed by atoms with Crippen molar-refractivity contribution in [2.45, 2.75) is 26.9 Å². The lowest BCUT2D eigenvalue weighted by Gasteiger charge is -2.24. The molecule has 0 aliphatic rings. The van der Waals surface area contributed by atoms with E-state index in [1.54, 1.807) is 0 Å². The Morgan fingerprint density at radius 2 is 1.85 bits per heavy atom. The number of hydrogen-bond acceptors (Lipinski definition) is 3. The summed E-state index contributed by atoms with van der Waals surface area (Å²) in [7, 11) is 0. The van der Waals surface area contributed by atoms with Crippen LogP contribution in [0.3, 0.4) is 0 Å². The van der Waals surface area contributed by atoms with E-state index in [1.165, 1.54) is 5.39 Å². The molecule has 0 spiro atoms. The van der Waals surface area contributed by atoms with Gasteiger partial charge in [-0.3, -0.25) is 4.79 Å². The molecule has 20 heavy (non-hydrogen) atoms. The van der Waals surface area contributed by atoms with Crippen LogP contribution in [0.15, 0.2) is 42.5 Å². The van der Waals surface area contributed by atoms with Crippen LogP contribution in [0.5, 0.6) is 0 Å². The summed E-state index contributed by atoms with van der Waals surface area (Å²) in [6.45, 7) is 6.83. The first-order chi connectivity index (χ1) is 9.61. The number of carbonyl (C=O) groups is 1.